The van der Waals surface area contributed by atoms with Crippen molar-refractivity contribution in [3.8, 4) is 5.75 Å². The molecule has 0 atom stereocenters. The van der Waals surface area contributed by atoms with Crippen LogP contribution in [-0.2, 0) is 16.0 Å². The van der Waals surface area contributed by atoms with Crippen LogP contribution in [0.4, 0.5) is 0 Å². The van der Waals surface area contributed by atoms with Crippen molar-refractivity contribution >= 4 is 11.9 Å². The first kappa shape index (κ1) is 15.0. The zero-order valence-corrected chi connectivity index (χ0v) is 11.0. The second-order valence-electron chi connectivity index (χ2n) is 4.21. The monoisotopic (exact) mass is 265 g/mol. The van der Waals surface area contributed by atoms with Crippen molar-refractivity contribution in [2.45, 2.75) is 26.2 Å². The second kappa shape index (κ2) is 8.13. The molecule has 0 fully saturated rings. The number of rotatable bonds is 8. The number of hydrogen-bond donors (Lipinski definition) is 2. The van der Waals surface area contributed by atoms with E-state index in [1.807, 2.05) is 0 Å². The average Bonchev–Trinajstić information content (AvgIpc) is 2.37. The van der Waals surface area contributed by atoms with Gasteiger partial charge in [-0.1, -0.05) is 25.5 Å². The van der Waals surface area contributed by atoms with E-state index >= 15 is 0 Å². The summed E-state index contributed by atoms with van der Waals surface area (Å²) in [5, 5.41) is 11.4. The molecule has 0 spiro atoms. The van der Waals surface area contributed by atoms with Crippen molar-refractivity contribution in [3.63, 3.8) is 0 Å². The standard InChI is InChI=1S/C14H19NO4/c1-2-3-8-15-13(16)10-19-12-6-4-11(5-7-12)9-14(17)18/h4-7H,2-3,8-10H2,1H3,(H,15,16)(H,17,18). The molecule has 19 heavy (non-hydrogen) atoms. The van der Waals surface area contributed by atoms with E-state index in [2.05, 4.69) is 12.2 Å². The molecule has 2 N–H and O–H groups in total. The van der Waals surface area contributed by atoms with Crippen LogP contribution in [0.25, 0.3) is 0 Å². The molecule has 5 heteroatoms. The maximum atomic E-state index is 11.4. The highest BCUT2D eigenvalue weighted by Gasteiger charge is 2.03. The number of unbranched alkanes of at least 4 members (excludes halogenated alkanes) is 1. The number of carbonyl (C=O) groups is 2. The van der Waals surface area contributed by atoms with Crippen LogP contribution in [0.1, 0.15) is 25.3 Å². The SMILES string of the molecule is CCCCNC(=O)COc1ccc(CC(=O)O)cc1. The van der Waals surface area contributed by atoms with Gasteiger partial charge < -0.3 is 15.2 Å². The summed E-state index contributed by atoms with van der Waals surface area (Å²) >= 11 is 0. The molecular weight excluding hydrogens is 246 g/mol. The normalized spacial score (nSPS) is 9.95. The number of carboxylic acids is 1. The maximum Gasteiger partial charge on any atom is 0.307 e. The summed E-state index contributed by atoms with van der Waals surface area (Å²) in [7, 11) is 0. The molecule has 1 aromatic rings. The van der Waals surface area contributed by atoms with Crippen molar-refractivity contribution in [1.29, 1.82) is 0 Å². The predicted octanol–water partition coefficient (Wildman–Crippen LogP) is 1.61. The summed E-state index contributed by atoms with van der Waals surface area (Å²) in [6.45, 7) is 2.69. The Balaban J connectivity index is 2.33. The Kier molecular flexibility index (Phi) is 6.43. The first-order valence-corrected chi connectivity index (χ1v) is 6.32. The summed E-state index contributed by atoms with van der Waals surface area (Å²) in [5.74, 6) is -0.466. The summed E-state index contributed by atoms with van der Waals surface area (Å²) < 4.78 is 5.30. The number of aliphatic carboxylic acids is 1. The van der Waals surface area contributed by atoms with Crippen LogP contribution in [0.2, 0.25) is 0 Å². The Morgan fingerprint density at radius 1 is 1.26 bits per heavy atom. The number of hydrogen-bond acceptors (Lipinski definition) is 3. The van der Waals surface area contributed by atoms with E-state index in [4.69, 9.17) is 9.84 Å². The molecule has 0 heterocycles. The van der Waals surface area contributed by atoms with E-state index in [9.17, 15) is 9.59 Å². The van der Waals surface area contributed by atoms with Crippen LogP contribution in [0, 0.1) is 0 Å². The minimum absolute atomic E-state index is 0.0161. The molecule has 0 saturated carbocycles. The highest BCUT2D eigenvalue weighted by Crippen LogP contribution is 2.12. The lowest BCUT2D eigenvalue weighted by molar-refractivity contribution is -0.136. The fourth-order valence-corrected chi connectivity index (χ4v) is 1.48. The highest BCUT2D eigenvalue weighted by atomic mass is 16.5. The summed E-state index contributed by atoms with van der Waals surface area (Å²) in [4.78, 5) is 21.9. The molecule has 0 saturated heterocycles. The lowest BCUT2D eigenvalue weighted by Crippen LogP contribution is -2.29. The second-order valence-corrected chi connectivity index (χ2v) is 4.21. The van der Waals surface area contributed by atoms with Crippen LogP contribution >= 0.6 is 0 Å². The number of ether oxygens (including phenoxy) is 1. The molecule has 0 bridgehead atoms. The zero-order chi connectivity index (χ0) is 14.1. The number of carbonyl (C=O) groups excluding carboxylic acids is 1. The molecule has 1 rings (SSSR count). The van der Waals surface area contributed by atoms with Gasteiger partial charge in [-0.3, -0.25) is 9.59 Å². The smallest absolute Gasteiger partial charge is 0.307 e. The van der Waals surface area contributed by atoms with Crippen LogP contribution < -0.4 is 10.1 Å². The molecule has 0 aromatic heterocycles. The van der Waals surface area contributed by atoms with Crippen LogP contribution in [0.5, 0.6) is 5.75 Å². The van der Waals surface area contributed by atoms with Crippen molar-refractivity contribution in [2.24, 2.45) is 0 Å². The Morgan fingerprint density at radius 3 is 2.53 bits per heavy atom. The number of amides is 1. The topological polar surface area (TPSA) is 75.6 Å². The molecule has 1 amide bonds. The van der Waals surface area contributed by atoms with Gasteiger partial charge in [0.1, 0.15) is 5.75 Å². The average molecular weight is 265 g/mol. The van der Waals surface area contributed by atoms with E-state index < -0.39 is 5.97 Å². The summed E-state index contributed by atoms with van der Waals surface area (Å²) in [6.07, 6.45) is 1.97. The lowest BCUT2D eigenvalue weighted by Gasteiger charge is -2.07. The van der Waals surface area contributed by atoms with E-state index in [0.717, 1.165) is 12.8 Å². The Hall–Kier alpha value is -2.04. The summed E-state index contributed by atoms with van der Waals surface area (Å²) in [6, 6.07) is 6.69. The summed E-state index contributed by atoms with van der Waals surface area (Å²) in [5.41, 5.74) is 0.701. The van der Waals surface area contributed by atoms with Crippen LogP contribution in [0.15, 0.2) is 24.3 Å². The highest BCUT2D eigenvalue weighted by molar-refractivity contribution is 5.77. The number of nitrogens with one attached hydrogen (secondary N) is 1. The van der Waals surface area contributed by atoms with Crippen LogP contribution in [-0.4, -0.2) is 30.1 Å². The molecule has 0 radical (unpaired) electrons. The molecule has 1 aromatic carbocycles. The first-order valence-electron chi connectivity index (χ1n) is 6.32. The third-order valence-corrected chi connectivity index (χ3v) is 2.50. The Bertz CT molecular complexity index is 414. The largest absolute Gasteiger partial charge is 0.484 e. The van der Waals surface area contributed by atoms with Gasteiger partial charge in [0.15, 0.2) is 6.61 Å². The van der Waals surface area contributed by atoms with Gasteiger partial charge in [0.25, 0.3) is 5.91 Å². The Morgan fingerprint density at radius 2 is 1.95 bits per heavy atom. The van der Waals surface area contributed by atoms with Crippen molar-refractivity contribution in [2.75, 3.05) is 13.2 Å². The maximum absolute atomic E-state index is 11.4. The fourth-order valence-electron chi connectivity index (χ4n) is 1.48. The van der Waals surface area contributed by atoms with Gasteiger partial charge >= 0.3 is 5.97 Å². The van der Waals surface area contributed by atoms with Crippen molar-refractivity contribution in [1.82, 2.24) is 5.32 Å². The van der Waals surface area contributed by atoms with Gasteiger partial charge in [0.05, 0.1) is 6.42 Å². The lowest BCUT2D eigenvalue weighted by atomic mass is 10.1. The minimum atomic E-state index is -0.871. The number of carboxylic acid groups (broad SMARTS) is 1. The molecule has 5 nitrogen and oxygen atoms in total. The molecule has 0 aliphatic carbocycles. The van der Waals surface area contributed by atoms with E-state index in [-0.39, 0.29) is 18.9 Å². The fraction of sp³-hybridized carbons (Fsp3) is 0.429. The minimum Gasteiger partial charge on any atom is -0.484 e. The van der Waals surface area contributed by atoms with Crippen molar-refractivity contribution in [3.05, 3.63) is 29.8 Å². The zero-order valence-electron chi connectivity index (χ0n) is 11.0. The van der Waals surface area contributed by atoms with Gasteiger partial charge in [-0.05, 0) is 24.1 Å². The van der Waals surface area contributed by atoms with Crippen molar-refractivity contribution < 1.29 is 19.4 Å². The molecule has 0 aliphatic heterocycles. The first-order chi connectivity index (χ1) is 9.11. The molecular formula is C14H19NO4. The van der Waals surface area contributed by atoms with Gasteiger partial charge in [-0.15, -0.1) is 0 Å². The third-order valence-electron chi connectivity index (χ3n) is 2.50. The predicted molar refractivity (Wildman–Crippen MR) is 71.2 cm³/mol. The van der Waals surface area contributed by atoms with E-state index in [1.54, 1.807) is 24.3 Å². The molecule has 0 aliphatic rings. The third kappa shape index (κ3) is 6.45. The number of benzene rings is 1. The van der Waals surface area contributed by atoms with Gasteiger partial charge in [0, 0.05) is 6.54 Å². The van der Waals surface area contributed by atoms with Crippen LogP contribution in [0.3, 0.4) is 0 Å². The Labute approximate surface area is 112 Å². The molecule has 0 unspecified atom stereocenters. The van der Waals surface area contributed by atoms with Gasteiger partial charge in [-0.25, -0.2) is 0 Å². The van der Waals surface area contributed by atoms with Gasteiger partial charge in [-0.2, -0.15) is 0 Å². The molecule has 104 valence electrons. The quantitative estimate of drug-likeness (QED) is 0.700. The van der Waals surface area contributed by atoms with E-state index in [1.165, 1.54) is 0 Å². The van der Waals surface area contributed by atoms with E-state index in [0.29, 0.717) is 17.9 Å². The van der Waals surface area contributed by atoms with Gasteiger partial charge in [0.2, 0.25) is 0 Å².